The molecular weight excluding hydrogens is 512 g/mol. The van der Waals surface area contributed by atoms with Gasteiger partial charge in [-0.25, -0.2) is 4.98 Å². The average molecular weight is 549 g/mol. The zero-order valence-corrected chi connectivity index (χ0v) is 22.1. The molecule has 1 aliphatic rings. The lowest BCUT2D eigenvalue weighted by molar-refractivity contribution is -0.134. The molecule has 1 aromatic carbocycles. The summed E-state index contributed by atoms with van der Waals surface area (Å²) in [6.45, 7) is 3.44. The van der Waals surface area contributed by atoms with Crippen LogP contribution in [-0.2, 0) is 35.0 Å². The molecule has 0 saturated carbocycles. The summed E-state index contributed by atoms with van der Waals surface area (Å²) in [4.78, 5) is 56.3. The Hall–Kier alpha value is -3.19. The first-order valence-electron chi connectivity index (χ1n) is 11.7. The number of benzene rings is 1. The number of amides is 3. The van der Waals surface area contributed by atoms with Gasteiger partial charge in [0.2, 0.25) is 11.8 Å². The highest BCUT2D eigenvalue weighted by Crippen LogP contribution is 2.29. The molecule has 1 aliphatic heterocycles. The number of aryl methyl sites for hydroxylation is 1. The van der Waals surface area contributed by atoms with Crippen LogP contribution in [0.25, 0.3) is 0 Å². The minimum Gasteiger partial charge on any atom is -0.382 e. The van der Waals surface area contributed by atoms with Gasteiger partial charge in [-0.15, -0.1) is 11.3 Å². The molecule has 3 amide bonds. The number of hydrogen-bond donors (Lipinski definition) is 3. The minimum atomic E-state index is -1.13. The van der Waals surface area contributed by atoms with Crippen LogP contribution in [0, 0.1) is 6.92 Å². The van der Waals surface area contributed by atoms with Crippen molar-refractivity contribution < 1.29 is 33.4 Å². The lowest BCUT2D eigenvalue weighted by Gasteiger charge is -2.25. The van der Waals surface area contributed by atoms with Gasteiger partial charge in [0.25, 0.3) is 5.91 Å². The van der Waals surface area contributed by atoms with E-state index < -0.39 is 41.4 Å². The fourth-order valence-electron chi connectivity index (χ4n) is 3.62. The number of Topliss-reactive ketones (excluding diaryl/α,β-unsaturated/α-hetero) is 1. The molecule has 1 saturated heterocycles. The van der Waals surface area contributed by atoms with Crippen molar-refractivity contribution in [2.75, 3.05) is 34.0 Å². The summed E-state index contributed by atoms with van der Waals surface area (Å²) in [6.07, 6.45) is 1.68. The van der Waals surface area contributed by atoms with Crippen molar-refractivity contribution in [2.45, 2.75) is 51.4 Å². The lowest BCUT2D eigenvalue weighted by atomic mass is 9.94. The Labute approximate surface area is 226 Å². The fraction of sp³-hybridized carbons (Fsp3) is 0.500. The van der Waals surface area contributed by atoms with E-state index in [9.17, 15) is 19.2 Å². The average Bonchev–Trinajstić information content (AvgIpc) is 3.48. The molecular formula is C26H36N4O7S. The molecule has 11 nitrogen and oxygen atoms in total. The number of aromatic nitrogens is 1. The number of carbonyl (C=O) groups is 4. The van der Waals surface area contributed by atoms with E-state index in [1.807, 2.05) is 30.3 Å². The van der Waals surface area contributed by atoms with Crippen molar-refractivity contribution in [2.24, 2.45) is 0 Å². The van der Waals surface area contributed by atoms with Gasteiger partial charge in [0.1, 0.15) is 22.6 Å². The molecule has 38 heavy (non-hydrogen) atoms. The Balaban J connectivity index is 0.00000507. The molecule has 12 heteroatoms. The van der Waals surface area contributed by atoms with Gasteiger partial charge < -0.3 is 30.2 Å². The summed E-state index contributed by atoms with van der Waals surface area (Å²) in [7, 11) is 2.78. The van der Waals surface area contributed by atoms with Crippen LogP contribution in [-0.4, -0.2) is 86.3 Å². The van der Waals surface area contributed by atoms with Gasteiger partial charge in [0.05, 0.1) is 37.1 Å². The molecule has 0 aliphatic carbocycles. The molecule has 208 valence electrons. The van der Waals surface area contributed by atoms with E-state index in [0.29, 0.717) is 9.88 Å². The van der Waals surface area contributed by atoms with E-state index in [-0.39, 0.29) is 39.5 Å². The van der Waals surface area contributed by atoms with E-state index in [4.69, 9.17) is 14.2 Å². The van der Waals surface area contributed by atoms with E-state index in [1.54, 1.807) is 13.8 Å². The third-order valence-corrected chi connectivity index (χ3v) is 6.69. The van der Waals surface area contributed by atoms with Crippen molar-refractivity contribution in [3.63, 3.8) is 0 Å². The van der Waals surface area contributed by atoms with Crippen molar-refractivity contribution in [1.82, 2.24) is 20.9 Å². The lowest BCUT2D eigenvalue weighted by Crippen LogP contribution is -2.59. The van der Waals surface area contributed by atoms with Crippen molar-refractivity contribution >= 4 is 34.8 Å². The van der Waals surface area contributed by atoms with E-state index in [2.05, 4.69) is 20.9 Å². The Morgan fingerprint density at radius 2 is 1.55 bits per heavy atom. The molecule has 3 N–H and O–H groups in total. The van der Waals surface area contributed by atoms with Crippen molar-refractivity contribution in [3.8, 4) is 0 Å². The quantitative estimate of drug-likeness (QED) is 0.297. The van der Waals surface area contributed by atoms with Crippen LogP contribution in [0.1, 0.15) is 34.6 Å². The highest BCUT2D eigenvalue weighted by atomic mass is 32.1. The molecule has 2 aromatic rings. The number of methoxy groups -OCH3 is 2. The van der Waals surface area contributed by atoms with Gasteiger partial charge in [-0.2, -0.15) is 0 Å². The van der Waals surface area contributed by atoms with Crippen LogP contribution in [0.4, 0.5) is 0 Å². The molecule has 1 aromatic heterocycles. The number of thiazole rings is 1. The first kappa shape index (κ1) is 31.0. The largest absolute Gasteiger partial charge is 0.382 e. The molecule has 2 heterocycles. The van der Waals surface area contributed by atoms with Gasteiger partial charge >= 0.3 is 0 Å². The summed E-state index contributed by atoms with van der Waals surface area (Å²) in [5, 5.41) is 8.67. The molecule has 3 rings (SSSR count). The Bertz CT molecular complexity index is 1100. The first-order chi connectivity index (χ1) is 17.7. The number of hydrogen-bond acceptors (Lipinski definition) is 9. The standard InChI is InChI=1S/C25H32N4O7S.CH4/c1-15-26-11-20(37-15)24(33)29-19(13-35-4)23(32)28-18(12-34-3)22(31)27-17(21(30)25(2)14-36-25)10-16-8-6-5-7-9-16;/h5-9,11,17-19H,10,12-14H2,1-4H3,(H,27,31)(H,28,32)(H,29,33);1H4/t17-,18-,19-,25+;/m0./s1. The van der Waals surface area contributed by atoms with E-state index >= 15 is 0 Å². The molecule has 0 spiro atoms. The Morgan fingerprint density at radius 3 is 2.05 bits per heavy atom. The maximum Gasteiger partial charge on any atom is 0.263 e. The van der Waals surface area contributed by atoms with E-state index in [1.165, 1.54) is 31.8 Å². The Kier molecular flexibility index (Phi) is 11.5. The zero-order chi connectivity index (χ0) is 27.0. The van der Waals surface area contributed by atoms with Gasteiger partial charge in [-0.3, -0.25) is 19.2 Å². The van der Waals surface area contributed by atoms with Crippen LogP contribution >= 0.6 is 11.3 Å². The topological polar surface area (TPSA) is 148 Å². The van der Waals surface area contributed by atoms with Crippen LogP contribution in [0.2, 0.25) is 0 Å². The Morgan fingerprint density at radius 1 is 1.00 bits per heavy atom. The van der Waals surface area contributed by atoms with Gasteiger partial charge in [-0.05, 0) is 25.8 Å². The zero-order valence-electron chi connectivity index (χ0n) is 21.2. The fourth-order valence-corrected chi connectivity index (χ4v) is 4.30. The molecule has 0 unspecified atom stereocenters. The summed E-state index contributed by atoms with van der Waals surface area (Å²) in [5.41, 5.74) is -0.0887. The molecule has 0 radical (unpaired) electrons. The second-order valence-electron chi connectivity index (χ2n) is 8.88. The first-order valence-corrected chi connectivity index (χ1v) is 12.5. The third-order valence-electron chi connectivity index (χ3n) is 5.78. The SMILES string of the molecule is C.COC[C@H](NC(=O)c1cnc(C)s1)C(=O)N[C@@H](COC)C(=O)N[C@@H](Cc1ccccc1)C(=O)[C@@]1(C)CO1. The number of carbonyl (C=O) groups excluding carboxylic acids is 4. The monoisotopic (exact) mass is 548 g/mol. The number of ketones is 1. The third kappa shape index (κ3) is 8.42. The second-order valence-corrected chi connectivity index (χ2v) is 10.1. The van der Waals surface area contributed by atoms with Crippen LogP contribution < -0.4 is 16.0 Å². The summed E-state index contributed by atoms with van der Waals surface area (Å²) in [5.74, 6) is -1.98. The molecule has 4 atom stereocenters. The summed E-state index contributed by atoms with van der Waals surface area (Å²) in [6, 6.07) is 6.20. The summed E-state index contributed by atoms with van der Waals surface area (Å²) < 4.78 is 15.6. The number of ether oxygens (including phenoxy) is 3. The van der Waals surface area contributed by atoms with Crippen LogP contribution in [0.3, 0.4) is 0 Å². The van der Waals surface area contributed by atoms with Crippen LogP contribution in [0.5, 0.6) is 0 Å². The number of nitrogens with zero attached hydrogens (tertiary/aromatic N) is 1. The number of nitrogens with one attached hydrogen (secondary N) is 3. The van der Waals surface area contributed by atoms with Crippen LogP contribution in [0.15, 0.2) is 36.5 Å². The predicted octanol–water partition coefficient (Wildman–Crippen LogP) is 1.05. The minimum absolute atomic E-state index is 0. The highest BCUT2D eigenvalue weighted by molar-refractivity contribution is 7.13. The van der Waals surface area contributed by atoms with Gasteiger partial charge in [0.15, 0.2) is 5.78 Å². The van der Waals surface area contributed by atoms with E-state index in [0.717, 1.165) is 5.56 Å². The predicted molar refractivity (Wildman–Crippen MR) is 142 cm³/mol. The number of rotatable bonds is 14. The normalized spacial score (nSPS) is 18.3. The molecule has 0 bridgehead atoms. The van der Waals surface area contributed by atoms with Crippen molar-refractivity contribution in [3.05, 3.63) is 52.0 Å². The van der Waals surface area contributed by atoms with Gasteiger partial charge in [0, 0.05) is 14.2 Å². The smallest absolute Gasteiger partial charge is 0.263 e. The maximum absolute atomic E-state index is 13.2. The summed E-state index contributed by atoms with van der Waals surface area (Å²) >= 11 is 1.19. The van der Waals surface area contributed by atoms with Crippen molar-refractivity contribution in [1.29, 1.82) is 0 Å². The molecule has 1 fully saturated rings. The van der Waals surface area contributed by atoms with Gasteiger partial charge in [-0.1, -0.05) is 37.8 Å². The second kappa shape index (κ2) is 14.1. The highest BCUT2D eigenvalue weighted by Gasteiger charge is 2.50. The maximum atomic E-state index is 13.2. The number of epoxide rings is 1.